The quantitative estimate of drug-likeness (QED) is 0.519. The van der Waals surface area contributed by atoms with Gasteiger partial charge in [-0.1, -0.05) is 42.5 Å². The maximum absolute atomic E-state index is 13.0. The number of anilines is 1. The molecule has 0 bridgehead atoms. The summed E-state index contributed by atoms with van der Waals surface area (Å²) in [5.41, 5.74) is 3.39. The minimum atomic E-state index is -0.987. The van der Waals surface area contributed by atoms with Crippen molar-refractivity contribution in [2.24, 2.45) is 0 Å². The number of fused-ring (bicyclic) bond motifs is 2. The lowest BCUT2D eigenvalue weighted by Gasteiger charge is -2.12. The fourth-order valence-corrected chi connectivity index (χ4v) is 5.23. The van der Waals surface area contributed by atoms with Crippen molar-refractivity contribution in [1.29, 1.82) is 0 Å². The van der Waals surface area contributed by atoms with Gasteiger partial charge in [0.1, 0.15) is 11.6 Å². The van der Waals surface area contributed by atoms with Gasteiger partial charge in [0.25, 0.3) is 0 Å². The smallest absolute Gasteiger partial charge is 0.229 e. The van der Waals surface area contributed by atoms with E-state index in [1.54, 1.807) is 11.8 Å². The fraction of sp³-hybridized carbons (Fsp3) is 0.167. The van der Waals surface area contributed by atoms with Gasteiger partial charge in [0, 0.05) is 16.4 Å². The van der Waals surface area contributed by atoms with E-state index in [2.05, 4.69) is 10.4 Å². The van der Waals surface area contributed by atoms with Gasteiger partial charge in [0.05, 0.1) is 36.4 Å². The van der Waals surface area contributed by atoms with E-state index in [-0.39, 0.29) is 12.3 Å². The number of benzene rings is 3. The molecule has 1 aliphatic heterocycles. The van der Waals surface area contributed by atoms with Crippen molar-refractivity contribution in [1.82, 2.24) is 9.78 Å². The van der Waals surface area contributed by atoms with Gasteiger partial charge in [-0.3, -0.25) is 9.00 Å². The molecular formula is C24H21N3O3S. The molecule has 0 aliphatic carbocycles. The van der Waals surface area contributed by atoms with E-state index >= 15 is 0 Å². The van der Waals surface area contributed by atoms with Gasteiger partial charge in [-0.05, 0) is 40.6 Å². The van der Waals surface area contributed by atoms with E-state index in [9.17, 15) is 9.00 Å². The summed E-state index contributed by atoms with van der Waals surface area (Å²) in [6, 6.07) is 21.5. The topological polar surface area (TPSA) is 73.2 Å². The zero-order valence-corrected chi connectivity index (χ0v) is 17.8. The molecule has 31 heavy (non-hydrogen) atoms. The van der Waals surface area contributed by atoms with Crippen LogP contribution < -0.4 is 10.1 Å². The number of methoxy groups -OCH3 is 1. The summed E-state index contributed by atoms with van der Waals surface area (Å²) in [7, 11) is 0.630. The largest absolute Gasteiger partial charge is 0.497 e. The van der Waals surface area contributed by atoms with Crippen LogP contribution in [0.1, 0.15) is 16.8 Å². The summed E-state index contributed by atoms with van der Waals surface area (Å²) in [6.45, 7) is 0. The molecule has 4 aromatic rings. The lowest BCUT2D eigenvalue weighted by atomic mass is 10.0. The Balaban J connectivity index is 1.47. The number of hydrogen-bond acceptors (Lipinski definition) is 4. The Kier molecular flexibility index (Phi) is 5.03. The Bertz CT molecular complexity index is 1310. The number of nitrogens with one attached hydrogen (secondary N) is 1. The standard InChI is InChI=1S/C24H21N3O3S/c1-30-19-11-9-18(10-12-19)27-24(21-14-31(29)15-22(21)26-27)25-23(28)13-17-7-4-6-16-5-2-3-8-20(16)17/h2-12H,13-15H2,1H3,(H,25,28)/t31-/m1/s1. The second kappa shape index (κ2) is 8.00. The predicted molar refractivity (Wildman–Crippen MR) is 122 cm³/mol. The van der Waals surface area contributed by atoms with E-state index < -0.39 is 10.8 Å². The Hall–Kier alpha value is -3.45. The van der Waals surface area contributed by atoms with Crippen LogP contribution in [0, 0.1) is 0 Å². The van der Waals surface area contributed by atoms with Gasteiger partial charge in [0.15, 0.2) is 0 Å². The Morgan fingerprint density at radius 1 is 1.06 bits per heavy atom. The van der Waals surface area contributed by atoms with Crippen LogP contribution in [0.25, 0.3) is 16.5 Å². The molecule has 3 aromatic carbocycles. The van der Waals surface area contributed by atoms with Crippen LogP contribution in [0.3, 0.4) is 0 Å². The fourth-order valence-electron chi connectivity index (χ4n) is 3.96. The maximum Gasteiger partial charge on any atom is 0.229 e. The minimum absolute atomic E-state index is 0.133. The molecule has 0 unspecified atom stereocenters. The molecule has 156 valence electrons. The highest BCUT2D eigenvalue weighted by Crippen LogP contribution is 2.32. The number of nitrogens with zero attached hydrogens (tertiary/aromatic N) is 2. The first kappa shape index (κ1) is 19.5. The van der Waals surface area contributed by atoms with Gasteiger partial charge in [-0.25, -0.2) is 4.68 Å². The molecule has 1 atom stereocenters. The normalized spacial score (nSPS) is 15.1. The highest BCUT2D eigenvalue weighted by atomic mass is 32.2. The monoisotopic (exact) mass is 431 g/mol. The van der Waals surface area contributed by atoms with E-state index in [0.717, 1.165) is 39.0 Å². The average Bonchev–Trinajstić information content (AvgIpc) is 3.31. The first-order chi connectivity index (χ1) is 15.1. The third kappa shape index (κ3) is 3.72. The molecule has 0 saturated heterocycles. The Labute approximate surface area is 182 Å². The van der Waals surface area contributed by atoms with Crippen LogP contribution in [0.5, 0.6) is 5.75 Å². The second-order valence-corrected chi connectivity index (χ2v) is 8.93. The summed E-state index contributed by atoms with van der Waals surface area (Å²) >= 11 is 0. The van der Waals surface area contributed by atoms with Crippen LogP contribution in [0.15, 0.2) is 66.7 Å². The molecule has 5 rings (SSSR count). The summed E-state index contributed by atoms with van der Waals surface area (Å²) < 4.78 is 19.1. The van der Waals surface area contributed by atoms with Crippen molar-refractivity contribution in [2.45, 2.75) is 17.9 Å². The van der Waals surface area contributed by atoms with Crippen LogP contribution in [0.2, 0.25) is 0 Å². The van der Waals surface area contributed by atoms with Gasteiger partial charge in [0.2, 0.25) is 5.91 Å². The summed E-state index contributed by atoms with van der Waals surface area (Å²) in [5.74, 6) is 2.01. The van der Waals surface area contributed by atoms with Crippen LogP contribution in [-0.4, -0.2) is 27.0 Å². The molecular weight excluding hydrogens is 410 g/mol. The molecule has 2 heterocycles. The van der Waals surface area contributed by atoms with E-state index in [4.69, 9.17) is 4.74 Å². The Morgan fingerprint density at radius 2 is 1.84 bits per heavy atom. The SMILES string of the molecule is COc1ccc(-n2nc3c(c2NC(=O)Cc2cccc4ccccc24)C[S@@](=O)C3)cc1. The number of amides is 1. The highest BCUT2D eigenvalue weighted by Gasteiger charge is 2.28. The van der Waals surface area contributed by atoms with Crippen molar-refractivity contribution in [3.05, 3.63) is 83.6 Å². The number of carbonyl (C=O) groups is 1. The zero-order valence-electron chi connectivity index (χ0n) is 17.0. The number of rotatable bonds is 5. The highest BCUT2D eigenvalue weighted by molar-refractivity contribution is 7.83. The van der Waals surface area contributed by atoms with Gasteiger partial charge in [-0.2, -0.15) is 5.10 Å². The van der Waals surface area contributed by atoms with Crippen molar-refractivity contribution < 1.29 is 13.7 Å². The summed E-state index contributed by atoms with van der Waals surface area (Å²) in [6.07, 6.45) is 0.243. The molecule has 0 saturated carbocycles. The molecule has 1 N–H and O–H groups in total. The molecule has 0 fully saturated rings. The Morgan fingerprint density at radius 3 is 2.65 bits per heavy atom. The zero-order chi connectivity index (χ0) is 21.4. The molecule has 1 amide bonds. The molecule has 7 heteroatoms. The number of hydrogen-bond donors (Lipinski definition) is 1. The van der Waals surface area contributed by atoms with Crippen molar-refractivity contribution in [2.75, 3.05) is 12.4 Å². The first-order valence-corrected chi connectivity index (χ1v) is 11.5. The molecule has 1 aromatic heterocycles. The van der Waals surface area contributed by atoms with E-state index in [1.165, 1.54) is 0 Å². The molecule has 6 nitrogen and oxygen atoms in total. The predicted octanol–water partition coefficient (Wildman–Crippen LogP) is 3.98. The van der Waals surface area contributed by atoms with E-state index in [0.29, 0.717) is 17.3 Å². The third-order valence-corrected chi connectivity index (χ3v) is 6.68. The maximum atomic E-state index is 13.0. The first-order valence-electron chi connectivity index (χ1n) is 9.99. The number of ether oxygens (including phenoxy) is 1. The van der Waals surface area contributed by atoms with Crippen molar-refractivity contribution in [3.63, 3.8) is 0 Å². The van der Waals surface area contributed by atoms with Crippen LogP contribution in [0.4, 0.5) is 5.82 Å². The van der Waals surface area contributed by atoms with E-state index in [1.807, 2.05) is 66.7 Å². The molecule has 1 aliphatic rings. The van der Waals surface area contributed by atoms with Crippen LogP contribution >= 0.6 is 0 Å². The van der Waals surface area contributed by atoms with Crippen molar-refractivity contribution >= 4 is 33.3 Å². The van der Waals surface area contributed by atoms with Crippen LogP contribution in [-0.2, 0) is 33.5 Å². The lowest BCUT2D eigenvalue weighted by molar-refractivity contribution is -0.115. The van der Waals surface area contributed by atoms with Gasteiger partial charge >= 0.3 is 0 Å². The molecule has 0 spiro atoms. The molecule has 0 radical (unpaired) electrons. The second-order valence-electron chi connectivity index (χ2n) is 7.48. The summed E-state index contributed by atoms with van der Waals surface area (Å²) in [5, 5.41) is 9.86. The third-order valence-electron chi connectivity index (χ3n) is 5.48. The lowest BCUT2D eigenvalue weighted by Crippen LogP contribution is -2.18. The van der Waals surface area contributed by atoms with Gasteiger partial charge < -0.3 is 10.1 Å². The number of aromatic nitrogens is 2. The minimum Gasteiger partial charge on any atom is -0.497 e. The average molecular weight is 432 g/mol. The van der Waals surface area contributed by atoms with Gasteiger partial charge in [-0.15, -0.1) is 0 Å². The van der Waals surface area contributed by atoms with Crippen molar-refractivity contribution in [3.8, 4) is 11.4 Å². The number of carbonyl (C=O) groups excluding carboxylic acids is 1. The summed E-state index contributed by atoms with van der Waals surface area (Å²) in [4.78, 5) is 13.0.